The first-order valence-electron chi connectivity index (χ1n) is 6.40. The second-order valence-corrected chi connectivity index (χ2v) is 6.40. The number of nitrogens with zero attached hydrogens (tertiary/aromatic N) is 1. The molecule has 0 aliphatic heterocycles. The van der Waals surface area contributed by atoms with Crippen molar-refractivity contribution >= 4 is 21.1 Å². The number of aromatic nitrogens is 1. The van der Waals surface area contributed by atoms with E-state index in [0.717, 1.165) is 23.1 Å². The number of unbranched alkanes of at least 4 members (excludes halogenated alkanes) is 1. The van der Waals surface area contributed by atoms with Gasteiger partial charge in [0.2, 0.25) is 10.0 Å². The van der Waals surface area contributed by atoms with Crippen molar-refractivity contribution in [1.29, 1.82) is 0 Å². The van der Waals surface area contributed by atoms with E-state index in [1.165, 1.54) is 6.39 Å². The lowest BCUT2D eigenvalue weighted by molar-refractivity contribution is 0.578. The maximum Gasteiger partial charge on any atom is 0.211 e. The van der Waals surface area contributed by atoms with E-state index in [4.69, 9.17) is 4.42 Å². The molecule has 0 amide bonds. The summed E-state index contributed by atoms with van der Waals surface area (Å²) in [5.41, 5.74) is 2.57. The summed E-state index contributed by atoms with van der Waals surface area (Å²) in [6, 6.07) is 5.70. The van der Waals surface area contributed by atoms with Crippen molar-refractivity contribution in [2.24, 2.45) is 0 Å². The van der Waals surface area contributed by atoms with E-state index in [1.807, 2.05) is 25.1 Å². The molecule has 1 aromatic carbocycles. The van der Waals surface area contributed by atoms with Crippen LogP contribution in [0.3, 0.4) is 0 Å². The van der Waals surface area contributed by atoms with Gasteiger partial charge in [0.25, 0.3) is 0 Å². The highest BCUT2D eigenvalue weighted by atomic mass is 32.2. The molecular weight excluding hydrogens is 264 g/mol. The molecule has 0 saturated heterocycles. The van der Waals surface area contributed by atoms with Crippen LogP contribution in [0.15, 0.2) is 29.0 Å². The minimum Gasteiger partial charge on any atom is -0.443 e. The standard InChI is InChI=1S/C13H18N2O3S/c1-2-3-8-19(16,17)15-7-6-11-4-5-12-13(9-11)18-10-14-12/h4-5,9-10,15H,2-3,6-8H2,1H3. The smallest absolute Gasteiger partial charge is 0.211 e. The Labute approximate surface area is 113 Å². The van der Waals surface area contributed by atoms with E-state index in [2.05, 4.69) is 9.71 Å². The van der Waals surface area contributed by atoms with E-state index in [1.54, 1.807) is 0 Å². The SMILES string of the molecule is CCCCS(=O)(=O)NCCc1ccc2ncoc2c1. The molecule has 0 bridgehead atoms. The van der Waals surface area contributed by atoms with E-state index in [-0.39, 0.29) is 5.75 Å². The van der Waals surface area contributed by atoms with Crippen LogP contribution >= 0.6 is 0 Å². The summed E-state index contributed by atoms with van der Waals surface area (Å²) < 4.78 is 31.0. The van der Waals surface area contributed by atoms with Crippen LogP contribution in [0.1, 0.15) is 25.3 Å². The van der Waals surface area contributed by atoms with Crippen molar-refractivity contribution in [3.63, 3.8) is 0 Å². The van der Waals surface area contributed by atoms with Gasteiger partial charge in [0.1, 0.15) is 5.52 Å². The zero-order valence-corrected chi connectivity index (χ0v) is 11.7. The maximum absolute atomic E-state index is 11.6. The van der Waals surface area contributed by atoms with E-state index >= 15 is 0 Å². The lowest BCUT2D eigenvalue weighted by atomic mass is 10.1. The molecule has 0 spiro atoms. The Morgan fingerprint density at radius 3 is 3.00 bits per heavy atom. The lowest BCUT2D eigenvalue weighted by Crippen LogP contribution is -2.28. The van der Waals surface area contributed by atoms with Crippen LogP contribution in [-0.2, 0) is 16.4 Å². The van der Waals surface area contributed by atoms with Gasteiger partial charge in [-0.3, -0.25) is 0 Å². The molecule has 0 aliphatic carbocycles. The van der Waals surface area contributed by atoms with Crippen molar-refractivity contribution in [3.8, 4) is 0 Å². The molecule has 0 radical (unpaired) electrons. The second-order valence-electron chi connectivity index (χ2n) is 4.47. The van der Waals surface area contributed by atoms with Gasteiger partial charge in [-0.15, -0.1) is 0 Å². The fraction of sp³-hybridized carbons (Fsp3) is 0.462. The van der Waals surface area contributed by atoms with Gasteiger partial charge in [0, 0.05) is 6.54 Å². The molecule has 1 N–H and O–H groups in total. The van der Waals surface area contributed by atoms with Crippen LogP contribution in [0.25, 0.3) is 11.1 Å². The Morgan fingerprint density at radius 2 is 2.21 bits per heavy atom. The average molecular weight is 282 g/mol. The third-order valence-electron chi connectivity index (χ3n) is 2.90. The van der Waals surface area contributed by atoms with Crippen LogP contribution in [-0.4, -0.2) is 25.7 Å². The number of rotatable bonds is 7. The van der Waals surface area contributed by atoms with E-state index in [0.29, 0.717) is 19.4 Å². The first kappa shape index (κ1) is 14.0. The fourth-order valence-corrected chi connectivity index (χ4v) is 3.04. The summed E-state index contributed by atoms with van der Waals surface area (Å²) in [6.45, 7) is 2.38. The Balaban J connectivity index is 1.88. The summed E-state index contributed by atoms with van der Waals surface area (Å²) in [6.07, 6.45) is 3.62. The van der Waals surface area contributed by atoms with Crippen LogP contribution < -0.4 is 4.72 Å². The maximum atomic E-state index is 11.6. The number of fused-ring (bicyclic) bond motifs is 1. The molecule has 104 valence electrons. The number of sulfonamides is 1. The number of oxazole rings is 1. The van der Waals surface area contributed by atoms with Crippen LogP contribution in [0.2, 0.25) is 0 Å². The highest BCUT2D eigenvalue weighted by molar-refractivity contribution is 7.89. The number of hydrogen-bond acceptors (Lipinski definition) is 4. The van der Waals surface area contributed by atoms with Crippen LogP contribution in [0.4, 0.5) is 0 Å². The van der Waals surface area contributed by atoms with Gasteiger partial charge < -0.3 is 4.42 Å². The van der Waals surface area contributed by atoms with Gasteiger partial charge in [0.05, 0.1) is 5.75 Å². The molecule has 0 fully saturated rings. The molecule has 6 heteroatoms. The van der Waals surface area contributed by atoms with Crippen molar-refractivity contribution in [2.75, 3.05) is 12.3 Å². The molecular formula is C13H18N2O3S. The van der Waals surface area contributed by atoms with Gasteiger partial charge in [-0.2, -0.15) is 0 Å². The topological polar surface area (TPSA) is 72.2 Å². The van der Waals surface area contributed by atoms with Gasteiger partial charge in [0.15, 0.2) is 12.0 Å². The molecule has 19 heavy (non-hydrogen) atoms. The van der Waals surface area contributed by atoms with Crippen molar-refractivity contribution < 1.29 is 12.8 Å². The Bertz CT molecular complexity index is 634. The molecule has 0 atom stereocenters. The van der Waals surface area contributed by atoms with E-state index in [9.17, 15) is 8.42 Å². The molecule has 2 rings (SSSR count). The average Bonchev–Trinajstić information content (AvgIpc) is 2.83. The zero-order chi connectivity index (χ0) is 13.7. The summed E-state index contributed by atoms with van der Waals surface area (Å²) >= 11 is 0. The number of benzene rings is 1. The minimum atomic E-state index is -3.13. The summed E-state index contributed by atoms with van der Waals surface area (Å²) in [7, 11) is -3.13. The predicted octanol–water partition coefficient (Wildman–Crippen LogP) is 2.09. The number of hydrogen-bond donors (Lipinski definition) is 1. The highest BCUT2D eigenvalue weighted by Crippen LogP contribution is 2.14. The quantitative estimate of drug-likeness (QED) is 0.844. The Morgan fingerprint density at radius 1 is 1.37 bits per heavy atom. The van der Waals surface area contributed by atoms with Gasteiger partial charge >= 0.3 is 0 Å². The fourth-order valence-electron chi connectivity index (χ4n) is 1.81. The summed E-state index contributed by atoms with van der Waals surface area (Å²) in [4.78, 5) is 4.03. The molecule has 2 aromatic rings. The first-order valence-corrected chi connectivity index (χ1v) is 8.05. The van der Waals surface area contributed by atoms with Gasteiger partial charge in [-0.05, 0) is 30.5 Å². The van der Waals surface area contributed by atoms with Gasteiger partial charge in [-0.1, -0.05) is 19.4 Å². The Hall–Kier alpha value is -1.40. The monoisotopic (exact) mass is 282 g/mol. The van der Waals surface area contributed by atoms with Crippen molar-refractivity contribution in [1.82, 2.24) is 9.71 Å². The van der Waals surface area contributed by atoms with E-state index < -0.39 is 10.0 Å². The molecule has 0 aliphatic rings. The van der Waals surface area contributed by atoms with Crippen LogP contribution in [0, 0.1) is 0 Å². The molecule has 0 saturated carbocycles. The minimum absolute atomic E-state index is 0.199. The Kier molecular flexibility index (Phi) is 4.55. The molecule has 1 aromatic heterocycles. The number of nitrogens with one attached hydrogen (secondary N) is 1. The third kappa shape index (κ3) is 4.04. The predicted molar refractivity (Wildman–Crippen MR) is 74.4 cm³/mol. The third-order valence-corrected chi connectivity index (χ3v) is 4.37. The molecule has 5 nitrogen and oxygen atoms in total. The van der Waals surface area contributed by atoms with Crippen molar-refractivity contribution in [2.45, 2.75) is 26.2 Å². The highest BCUT2D eigenvalue weighted by Gasteiger charge is 2.08. The largest absolute Gasteiger partial charge is 0.443 e. The molecule has 0 unspecified atom stereocenters. The van der Waals surface area contributed by atoms with Crippen LogP contribution in [0.5, 0.6) is 0 Å². The lowest BCUT2D eigenvalue weighted by Gasteiger charge is -2.06. The first-order chi connectivity index (χ1) is 9.11. The molecule has 1 heterocycles. The summed E-state index contributed by atoms with van der Waals surface area (Å²) in [5, 5.41) is 0. The zero-order valence-electron chi connectivity index (χ0n) is 10.9. The summed E-state index contributed by atoms with van der Waals surface area (Å²) in [5.74, 6) is 0.199. The van der Waals surface area contributed by atoms with Gasteiger partial charge in [-0.25, -0.2) is 18.1 Å². The van der Waals surface area contributed by atoms with Crippen molar-refractivity contribution in [3.05, 3.63) is 30.2 Å². The normalized spacial score (nSPS) is 12.1. The second kappa shape index (κ2) is 6.16.